The van der Waals surface area contributed by atoms with E-state index in [0.717, 1.165) is 31.2 Å². The summed E-state index contributed by atoms with van der Waals surface area (Å²) in [6.07, 6.45) is 2.65. The summed E-state index contributed by atoms with van der Waals surface area (Å²) in [4.78, 5) is 19.1. The number of hydrogen-bond acceptors (Lipinski definition) is 3. The van der Waals surface area contributed by atoms with E-state index in [0.29, 0.717) is 18.7 Å². The average molecular weight is 550 g/mol. The van der Waals surface area contributed by atoms with E-state index in [1.165, 1.54) is 37.1 Å². The molecule has 0 aromatic heterocycles. The number of carbonyl (C=O) groups excluding carboxylic acids is 1. The van der Waals surface area contributed by atoms with Gasteiger partial charge in [0.15, 0.2) is 5.96 Å². The molecule has 1 aliphatic rings. The van der Waals surface area contributed by atoms with Crippen LogP contribution in [0.2, 0.25) is 0 Å². The number of likely N-dealkylation sites (tertiary alicyclic amines) is 1. The van der Waals surface area contributed by atoms with Gasteiger partial charge in [0, 0.05) is 31.7 Å². The first-order valence-electron chi connectivity index (χ1n) is 11.4. The zero-order valence-corrected chi connectivity index (χ0v) is 21.5. The van der Waals surface area contributed by atoms with Crippen LogP contribution in [0, 0.1) is 0 Å². The topological polar surface area (TPSA) is 68.8 Å². The van der Waals surface area contributed by atoms with Gasteiger partial charge in [-0.05, 0) is 68.6 Å². The summed E-state index contributed by atoms with van der Waals surface area (Å²) in [5.41, 5.74) is 4.36. The van der Waals surface area contributed by atoms with Gasteiger partial charge in [-0.3, -0.25) is 9.69 Å². The average Bonchev–Trinajstić information content (AvgIpc) is 3.30. The molecule has 0 bridgehead atoms. The number of aliphatic imine (C=N–C) groups is 1. The Balaban J connectivity index is 0.00000363. The van der Waals surface area contributed by atoms with E-state index in [1.54, 1.807) is 0 Å². The van der Waals surface area contributed by atoms with Crippen molar-refractivity contribution in [2.45, 2.75) is 46.3 Å². The Bertz CT molecular complexity index is 846. The molecular formula is C25H36IN5O. The standard InChI is InChI=1S/C25H35N5O.HI/c1-3-26-24(31)23-13-11-21(12-14-23)18-29-25(27-4-2)28-17-20-7-9-22(10-8-20)19-30-15-5-6-16-30;/h7-14H,3-6,15-19H2,1-2H3,(H,26,31)(H2,27,28,29);1H. The van der Waals surface area contributed by atoms with Gasteiger partial charge in [0.25, 0.3) is 5.91 Å². The minimum Gasteiger partial charge on any atom is -0.357 e. The van der Waals surface area contributed by atoms with E-state index in [4.69, 9.17) is 0 Å². The summed E-state index contributed by atoms with van der Waals surface area (Å²) in [5.74, 6) is 0.746. The third-order valence-corrected chi connectivity index (χ3v) is 5.41. The van der Waals surface area contributed by atoms with Gasteiger partial charge in [-0.1, -0.05) is 36.4 Å². The van der Waals surface area contributed by atoms with Gasteiger partial charge >= 0.3 is 0 Å². The van der Waals surface area contributed by atoms with Crippen molar-refractivity contribution in [2.75, 3.05) is 26.2 Å². The number of benzene rings is 2. The number of nitrogens with one attached hydrogen (secondary N) is 3. The van der Waals surface area contributed by atoms with Gasteiger partial charge in [-0.2, -0.15) is 0 Å². The molecule has 1 amide bonds. The molecule has 1 aliphatic heterocycles. The maximum Gasteiger partial charge on any atom is 0.251 e. The van der Waals surface area contributed by atoms with Gasteiger partial charge in [0.1, 0.15) is 0 Å². The zero-order valence-electron chi connectivity index (χ0n) is 19.2. The molecule has 0 unspecified atom stereocenters. The lowest BCUT2D eigenvalue weighted by Gasteiger charge is -2.15. The monoisotopic (exact) mass is 549 g/mol. The highest BCUT2D eigenvalue weighted by Crippen LogP contribution is 2.13. The Hall–Kier alpha value is -2.13. The molecule has 0 aliphatic carbocycles. The normalized spacial score (nSPS) is 14.0. The lowest BCUT2D eigenvalue weighted by molar-refractivity contribution is 0.0956. The van der Waals surface area contributed by atoms with Crippen molar-refractivity contribution in [3.05, 3.63) is 70.8 Å². The third-order valence-electron chi connectivity index (χ3n) is 5.41. The molecule has 1 fully saturated rings. The number of halogens is 1. The summed E-state index contributed by atoms with van der Waals surface area (Å²) < 4.78 is 0. The molecule has 1 saturated heterocycles. The van der Waals surface area contributed by atoms with Crippen LogP contribution >= 0.6 is 24.0 Å². The molecule has 7 heteroatoms. The van der Waals surface area contributed by atoms with Crippen molar-refractivity contribution < 1.29 is 4.79 Å². The second kappa shape index (κ2) is 14.1. The van der Waals surface area contributed by atoms with Gasteiger partial charge in [0.05, 0.1) is 6.54 Å². The quantitative estimate of drug-likeness (QED) is 0.252. The number of nitrogens with zero attached hydrogens (tertiary/aromatic N) is 2. The number of guanidine groups is 1. The predicted molar refractivity (Wildman–Crippen MR) is 142 cm³/mol. The van der Waals surface area contributed by atoms with Gasteiger partial charge in [-0.25, -0.2) is 4.99 Å². The van der Waals surface area contributed by atoms with Crippen molar-refractivity contribution in [1.29, 1.82) is 0 Å². The van der Waals surface area contributed by atoms with Crippen molar-refractivity contribution in [3.63, 3.8) is 0 Å². The number of carbonyl (C=O) groups is 1. The summed E-state index contributed by atoms with van der Waals surface area (Å²) in [6.45, 7) is 10.2. The van der Waals surface area contributed by atoms with Crippen LogP contribution in [0.25, 0.3) is 0 Å². The van der Waals surface area contributed by atoms with Crippen LogP contribution in [0.15, 0.2) is 53.5 Å². The highest BCUT2D eigenvalue weighted by Gasteiger charge is 2.11. The molecule has 1 heterocycles. The fourth-order valence-electron chi connectivity index (χ4n) is 3.68. The smallest absolute Gasteiger partial charge is 0.251 e. The summed E-state index contributed by atoms with van der Waals surface area (Å²) in [7, 11) is 0. The van der Waals surface area contributed by atoms with Gasteiger partial charge < -0.3 is 16.0 Å². The van der Waals surface area contributed by atoms with Crippen LogP contribution in [0.3, 0.4) is 0 Å². The van der Waals surface area contributed by atoms with Crippen molar-refractivity contribution in [3.8, 4) is 0 Å². The minimum absolute atomic E-state index is 0. The molecule has 0 atom stereocenters. The molecule has 174 valence electrons. The Kier molecular flexibility index (Phi) is 11.5. The van der Waals surface area contributed by atoms with Crippen LogP contribution < -0.4 is 16.0 Å². The fourth-order valence-corrected chi connectivity index (χ4v) is 3.68. The van der Waals surface area contributed by atoms with Gasteiger partial charge in [0.2, 0.25) is 0 Å². The molecular weight excluding hydrogens is 513 g/mol. The van der Waals surface area contributed by atoms with E-state index in [9.17, 15) is 4.79 Å². The van der Waals surface area contributed by atoms with Crippen molar-refractivity contribution in [1.82, 2.24) is 20.9 Å². The van der Waals surface area contributed by atoms with E-state index in [2.05, 4.69) is 57.0 Å². The van der Waals surface area contributed by atoms with E-state index >= 15 is 0 Å². The van der Waals surface area contributed by atoms with E-state index in [1.807, 2.05) is 31.2 Å². The first-order chi connectivity index (χ1) is 15.2. The summed E-state index contributed by atoms with van der Waals surface area (Å²) in [6, 6.07) is 16.5. The lowest BCUT2D eigenvalue weighted by atomic mass is 10.1. The maximum absolute atomic E-state index is 11.9. The van der Waals surface area contributed by atoms with E-state index in [-0.39, 0.29) is 29.9 Å². The van der Waals surface area contributed by atoms with Gasteiger partial charge in [-0.15, -0.1) is 24.0 Å². The highest BCUT2D eigenvalue weighted by atomic mass is 127. The Morgan fingerprint density at radius 3 is 2.06 bits per heavy atom. The summed E-state index contributed by atoms with van der Waals surface area (Å²) in [5, 5.41) is 9.52. The molecule has 2 aromatic carbocycles. The third kappa shape index (κ3) is 8.43. The maximum atomic E-state index is 11.9. The molecule has 2 aromatic rings. The molecule has 3 N–H and O–H groups in total. The largest absolute Gasteiger partial charge is 0.357 e. The highest BCUT2D eigenvalue weighted by molar-refractivity contribution is 14.0. The predicted octanol–water partition coefficient (Wildman–Crippen LogP) is 3.91. The lowest BCUT2D eigenvalue weighted by Crippen LogP contribution is -2.36. The van der Waals surface area contributed by atoms with Crippen molar-refractivity contribution >= 4 is 35.8 Å². The molecule has 32 heavy (non-hydrogen) atoms. The SMILES string of the molecule is CCNC(=O)c1ccc(CN=C(NCC)NCc2ccc(CN3CCCC3)cc2)cc1.I. The first-order valence-corrected chi connectivity index (χ1v) is 11.4. The summed E-state index contributed by atoms with van der Waals surface area (Å²) >= 11 is 0. The number of hydrogen-bond donors (Lipinski definition) is 3. The first kappa shape index (κ1) is 26.1. The number of rotatable bonds is 9. The van der Waals surface area contributed by atoms with Crippen LogP contribution in [0.5, 0.6) is 0 Å². The van der Waals surface area contributed by atoms with Crippen molar-refractivity contribution in [2.24, 2.45) is 4.99 Å². The molecule has 0 radical (unpaired) electrons. The Morgan fingerprint density at radius 2 is 1.44 bits per heavy atom. The zero-order chi connectivity index (χ0) is 21.9. The van der Waals surface area contributed by atoms with Crippen LogP contribution in [-0.4, -0.2) is 42.9 Å². The van der Waals surface area contributed by atoms with Crippen LogP contribution in [0.4, 0.5) is 0 Å². The molecule has 0 saturated carbocycles. The Morgan fingerprint density at radius 1 is 0.844 bits per heavy atom. The Labute approximate surface area is 209 Å². The molecule has 0 spiro atoms. The molecule has 6 nitrogen and oxygen atoms in total. The number of amides is 1. The second-order valence-corrected chi connectivity index (χ2v) is 7.90. The second-order valence-electron chi connectivity index (χ2n) is 7.90. The molecule has 3 rings (SSSR count). The van der Waals surface area contributed by atoms with E-state index < -0.39 is 0 Å². The van der Waals surface area contributed by atoms with Crippen LogP contribution in [-0.2, 0) is 19.6 Å². The fraction of sp³-hybridized carbons (Fsp3) is 0.440. The minimum atomic E-state index is -0.0426. The van der Waals surface area contributed by atoms with Crippen LogP contribution in [0.1, 0.15) is 53.7 Å².